The van der Waals surface area contributed by atoms with Crippen LogP contribution in [0.3, 0.4) is 0 Å². The van der Waals surface area contributed by atoms with Crippen molar-refractivity contribution in [2.45, 2.75) is 0 Å². The van der Waals surface area contributed by atoms with Gasteiger partial charge in [0.1, 0.15) is 11.5 Å². The van der Waals surface area contributed by atoms with Gasteiger partial charge >= 0.3 is 18.6 Å². The molecule has 31 heavy (non-hydrogen) atoms. The third kappa shape index (κ3) is 11.6. The van der Waals surface area contributed by atoms with Gasteiger partial charge < -0.3 is 49.0 Å². The summed E-state index contributed by atoms with van der Waals surface area (Å²) in [5, 5.41) is 23.8. The summed E-state index contributed by atoms with van der Waals surface area (Å²) in [7, 11) is 2.91. The summed E-state index contributed by atoms with van der Waals surface area (Å²) in [6, 6.07) is 10.0. The van der Waals surface area contributed by atoms with Gasteiger partial charge in [-0.05, 0) is 23.3 Å². The van der Waals surface area contributed by atoms with E-state index in [1.807, 2.05) is 0 Å². The van der Waals surface area contributed by atoms with Gasteiger partial charge in [-0.25, -0.2) is 0 Å². The second-order valence-corrected chi connectivity index (χ2v) is 5.47. The maximum atomic E-state index is 11.9. The number of hydrogen-bond donors (Lipinski definition) is 2. The zero-order valence-corrected chi connectivity index (χ0v) is 19.6. The van der Waals surface area contributed by atoms with Crippen LogP contribution in [0.4, 0.5) is 0 Å². The van der Waals surface area contributed by atoms with Crippen LogP contribution in [0, 0.1) is 0 Å². The second-order valence-electron chi connectivity index (χ2n) is 5.47. The van der Waals surface area contributed by atoms with Crippen LogP contribution in [0.25, 0.3) is 0 Å². The van der Waals surface area contributed by atoms with Crippen molar-refractivity contribution in [3.05, 3.63) is 47.5 Å². The summed E-state index contributed by atoms with van der Waals surface area (Å²) in [6.45, 7) is 2.37. The predicted octanol–water partition coefficient (Wildman–Crippen LogP) is -3.54. The van der Waals surface area contributed by atoms with Crippen LogP contribution in [-0.4, -0.2) is 52.8 Å². The normalized spacial score (nSPS) is 9.68. The topological polar surface area (TPSA) is 171 Å². The number of para-hydroxylation sites is 2. The second kappa shape index (κ2) is 19.7. The van der Waals surface area contributed by atoms with E-state index in [-0.39, 0.29) is 59.4 Å². The first-order valence-corrected chi connectivity index (χ1v) is 8.76. The predicted molar refractivity (Wildman–Crippen MR) is 107 cm³/mol. The number of nitrogens with zero attached hydrogens (tertiary/aromatic N) is 2. The number of aliphatic imine (C=N–C) groups is 2. The van der Waals surface area contributed by atoms with Gasteiger partial charge in [-0.15, -0.1) is 0 Å². The van der Waals surface area contributed by atoms with E-state index in [1.54, 1.807) is 36.4 Å². The molecule has 0 heterocycles. The van der Waals surface area contributed by atoms with Crippen LogP contribution in [0.5, 0.6) is 23.0 Å². The average molecular weight is 490 g/mol. The zero-order chi connectivity index (χ0) is 20.8. The molecule has 9 nitrogen and oxygen atoms in total. The molecule has 0 saturated heterocycles. The van der Waals surface area contributed by atoms with E-state index >= 15 is 0 Å². The van der Waals surface area contributed by atoms with E-state index in [0.717, 1.165) is 6.54 Å². The van der Waals surface area contributed by atoms with Gasteiger partial charge in [0.25, 0.3) is 0 Å². The molecule has 0 saturated carbocycles. The Hall–Kier alpha value is -2.27. The molecule has 0 unspecified atom stereocenters. The molecule has 2 aromatic carbocycles. The molecule has 2 rings (SSSR count). The van der Waals surface area contributed by atoms with Crippen molar-refractivity contribution < 1.29 is 61.9 Å². The Labute approximate surface area is 200 Å². The summed E-state index contributed by atoms with van der Waals surface area (Å²) in [5.41, 5.74) is 9.38. The molecule has 1 radical (unpaired) electrons. The molecule has 0 bridgehead atoms. The fraction of sp³-hybridized carbons (Fsp3) is 0.300. The molecule has 0 aliphatic heterocycles. The number of halogens is 1. The molecule has 0 fully saturated rings. The third-order valence-electron chi connectivity index (χ3n) is 3.48. The molecule has 5 N–H and O–H groups in total. The van der Waals surface area contributed by atoms with E-state index in [2.05, 4.69) is 15.7 Å². The molecule has 0 aliphatic rings. The first-order valence-electron chi connectivity index (χ1n) is 8.76. The molecule has 0 atom stereocenters. The van der Waals surface area contributed by atoms with Crippen molar-refractivity contribution in [1.29, 1.82) is 0 Å². The SMILES string of the molecule is COc1cccc(C=NCCN=Cc2cccc(OC)c2[O-])c1[O-].NCC[NH3+].[Cl-].[O-2].[V+4]. The molecule has 11 heteroatoms. The summed E-state index contributed by atoms with van der Waals surface area (Å²) >= 11 is 0. The number of rotatable bonds is 8. The fourth-order valence-electron chi connectivity index (χ4n) is 2.03. The molecule has 0 amide bonds. The van der Waals surface area contributed by atoms with Crippen LogP contribution in [0.2, 0.25) is 0 Å². The van der Waals surface area contributed by atoms with Crippen LogP contribution < -0.4 is 43.6 Å². The molecule has 0 aliphatic carbocycles. The van der Waals surface area contributed by atoms with Crippen molar-refractivity contribution in [1.82, 2.24) is 0 Å². The molecular weight excluding hydrogens is 463 g/mol. The van der Waals surface area contributed by atoms with Gasteiger partial charge in [-0.2, -0.15) is 0 Å². The summed E-state index contributed by atoms with van der Waals surface area (Å²) in [6.07, 6.45) is 3.01. The Bertz CT molecular complexity index is 729. The van der Waals surface area contributed by atoms with E-state index < -0.39 is 0 Å². The Morgan fingerprint density at radius 1 is 0.903 bits per heavy atom. The Kier molecular flexibility index (Phi) is 21.2. The Morgan fingerprint density at radius 3 is 1.55 bits per heavy atom. The quantitative estimate of drug-likeness (QED) is 0.288. The van der Waals surface area contributed by atoms with Crippen molar-refractivity contribution in [2.24, 2.45) is 15.7 Å². The van der Waals surface area contributed by atoms with Crippen molar-refractivity contribution in [3.8, 4) is 23.0 Å². The van der Waals surface area contributed by atoms with Crippen molar-refractivity contribution in [2.75, 3.05) is 40.4 Å². The van der Waals surface area contributed by atoms with Gasteiger partial charge in [-0.3, -0.25) is 9.98 Å². The van der Waals surface area contributed by atoms with Gasteiger partial charge in [0, 0.05) is 19.0 Å². The van der Waals surface area contributed by atoms with Crippen LogP contribution in [0.1, 0.15) is 11.1 Å². The molecule has 2 aromatic rings. The minimum absolute atomic E-state index is 0. The van der Waals surface area contributed by atoms with Crippen LogP contribution in [-0.2, 0) is 24.0 Å². The number of ether oxygens (including phenoxy) is 2. The smallest absolute Gasteiger partial charge is 2.00 e. The van der Waals surface area contributed by atoms with E-state index in [4.69, 9.17) is 15.2 Å². The van der Waals surface area contributed by atoms with E-state index in [1.165, 1.54) is 26.6 Å². The summed E-state index contributed by atoms with van der Waals surface area (Å²) < 4.78 is 9.94. The Balaban J connectivity index is -0.00000103. The molecule has 0 aromatic heterocycles. The standard InChI is InChI=1S/C18H20N2O4.C2H8N2.ClH.O.V/c1-23-15-7-3-5-13(17(15)21)11-19-9-10-20-12-14-6-4-8-16(24-2)18(14)22;3-1-2-4;;;/h3-8,11-12,21-22H,9-10H2,1-2H3;1-4H2;1H;;/q;;;-2;+4/p-2. The maximum absolute atomic E-state index is 11.9. The van der Waals surface area contributed by atoms with Gasteiger partial charge in [0.15, 0.2) is 0 Å². The minimum atomic E-state index is -0.195. The molecular formula is C20H27ClN4O5V. The van der Waals surface area contributed by atoms with Crippen molar-refractivity contribution >= 4 is 12.4 Å². The summed E-state index contributed by atoms with van der Waals surface area (Å²) in [5.74, 6) is 0.190. The third-order valence-corrected chi connectivity index (χ3v) is 3.48. The number of quaternary nitrogens is 1. The summed E-state index contributed by atoms with van der Waals surface area (Å²) in [4.78, 5) is 8.34. The number of benzene rings is 2. The Morgan fingerprint density at radius 2 is 1.26 bits per heavy atom. The van der Waals surface area contributed by atoms with E-state index in [0.29, 0.717) is 30.8 Å². The van der Waals surface area contributed by atoms with Crippen LogP contribution in [0.15, 0.2) is 46.4 Å². The molecule has 0 spiro atoms. The van der Waals surface area contributed by atoms with E-state index in [9.17, 15) is 10.2 Å². The van der Waals surface area contributed by atoms with Crippen LogP contribution >= 0.6 is 0 Å². The first-order chi connectivity index (χ1) is 13.6. The van der Waals surface area contributed by atoms with Gasteiger partial charge in [0.2, 0.25) is 0 Å². The average Bonchev–Trinajstić information content (AvgIpc) is 2.72. The number of hydrogen-bond acceptors (Lipinski definition) is 7. The van der Waals surface area contributed by atoms with Gasteiger partial charge in [-0.1, -0.05) is 35.8 Å². The minimum Gasteiger partial charge on any atom is -2.00 e. The zero-order valence-electron chi connectivity index (χ0n) is 17.5. The largest absolute Gasteiger partial charge is 4.00 e. The number of methoxy groups -OCH3 is 2. The number of nitrogens with two attached hydrogens (primary N) is 1. The monoisotopic (exact) mass is 489 g/mol. The van der Waals surface area contributed by atoms with Crippen molar-refractivity contribution in [3.63, 3.8) is 0 Å². The van der Waals surface area contributed by atoms with Gasteiger partial charge in [0.05, 0.1) is 33.9 Å². The molecule has 169 valence electrons. The fourth-order valence-corrected chi connectivity index (χ4v) is 2.03. The first kappa shape index (κ1) is 33.4. The maximum Gasteiger partial charge on any atom is 4.00 e.